The molecule has 138 valence electrons. The van der Waals surface area contributed by atoms with E-state index in [1.54, 1.807) is 57.2 Å². The van der Waals surface area contributed by atoms with Gasteiger partial charge in [-0.1, -0.05) is 19.9 Å². The van der Waals surface area contributed by atoms with Crippen LogP contribution in [0.4, 0.5) is 11.4 Å². The summed E-state index contributed by atoms with van der Waals surface area (Å²) in [5.74, 6) is -0.889. The van der Waals surface area contributed by atoms with Crippen molar-refractivity contribution in [2.45, 2.75) is 26.8 Å². The molecule has 1 heterocycles. The average molecular weight is 438 g/mol. The predicted molar refractivity (Wildman–Crippen MR) is 107 cm³/mol. The van der Waals surface area contributed by atoms with Gasteiger partial charge in [0.2, 0.25) is 11.8 Å². The smallest absolute Gasteiger partial charge is 0.262 e. The van der Waals surface area contributed by atoms with Crippen LogP contribution in [0.5, 0.6) is 0 Å². The molecule has 26 heavy (non-hydrogen) atoms. The minimum absolute atomic E-state index is 0.101. The first-order chi connectivity index (χ1) is 12.3. The third kappa shape index (κ3) is 5.67. The molecule has 1 aromatic heterocycles. The molecule has 0 saturated heterocycles. The van der Waals surface area contributed by atoms with Crippen LogP contribution in [0.2, 0.25) is 0 Å². The molecule has 1 aromatic carbocycles. The number of amides is 3. The molecule has 6 nitrogen and oxygen atoms in total. The second-order valence-corrected chi connectivity index (χ2v) is 8.48. The Bertz CT molecular complexity index is 820. The number of rotatable bonds is 6. The van der Waals surface area contributed by atoms with Gasteiger partial charge in [0.05, 0.1) is 8.66 Å². The second-order valence-electron chi connectivity index (χ2n) is 6.01. The number of benzene rings is 1. The molecule has 8 heteroatoms. The fourth-order valence-corrected chi connectivity index (χ4v) is 3.27. The van der Waals surface area contributed by atoms with E-state index < -0.39 is 6.04 Å². The molecule has 1 unspecified atom stereocenters. The van der Waals surface area contributed by atoms with Crippen molar-refractivity contribution < 1.29 is 14.4 Å². The Morgan fingerprint density at radius 1 is 0.962 bits per heavy atom. The summed E-state index contributed by atoms with van der Waals surface area (Å²) in [6, 6.07) is 9.62. The van der Waals surface area contributed by atoms with E-state index in [0.717, 1.165) is 3.79 Å². The Hall–Kier alpha value is -2.19. The van der Waals surface area contributed by atoms with Crippen LogP contribution >= 0.6 is 27.3 Å². The predicted octanol–water partition coefficient (Wildman–Crippen LogP) is 3.86. The van der Waals surface area contributed by atoms with Crippen LogP contribution in [0.25, 0.3) is 0 Å². The highest BCUT2D eigenvalue weighted by atomic mass is 79.9. The second kappa shape index (κ2) is 8.95. The maximum absolute atomic E-state index is 12.3. The van der Waals surface area contributed by atoms with Crippen LogP contribution in [0.15, 0.2) is 40.2 Å². The number of anilines is 2. The quantitative estimate of drug-likeness (QED) is 0.640. The monoisotopic (exact) mass is 437 g/mol. The summed E-state index contributed by atoms with van der Waals surface area (Å²) in [5.41, 5.74) is 1.14. The number of carbonyl (C=O) groups excluding carboxylic acids is 3. The minimum Gasteiger partial charge on any atom is -0.340 e. The summed E-state index contributed by atoms with van der Waals surface area (Å²) < 4.78 is 0.847. The van der Waals surface area contributed by atoms with Crippen LogP contribution in [0.3, 0.4) is 0 Å². The fourth-order valence-electron chi connectivity index (χ4n) is 1.98. The van der Waals surface area contributed by atoms with Crippen molar-refractivity contribution in [2.75, 3.05) is 10.6 Å². The van der Waals surface area contributed by atoms with Crippen molar-refractivity contribution in [3.05, 3.63) is 45.1 Å². The number of nitrogens with one attached hydrogen (secondary N) is 3. The van der Waals surface area contributed by atoms with Gasteiger partial charge in [-0.2, -0.15) is 0 Å². The van der Waals surface area contributed by atoms with Crippen LogP contribution in [-0.2, 0) is 9.59 Å². The van der Waals surface area contributed by atoms with Gasteiger partial charge in [-0.15, -0.1) is 11.3 Å². The van der Waals surface area contributed by atoms with Gasteiger partial charge < -0.3 is 16.0 Å². The Balaban J connectivity index is 1.96. The molecule has 1 atom stereocenters. The van der Waals surface area contributed by atoms with E-state index in [4.69, 9.17) is 0 Å². The molecule has 3 N–H and O–H groups in total. The normalized spacial score (nSPS) is 11.7. The van der Waals surface area contributed by atoms with E-state index in [1.165, 1.54) is 11.3 Å². The first kappa shape index (κ1) is 20.1. The minimum atomic E-state index is -0.711. The molecule has 0 radical (unpaired) electrons. The summed E-state index contributed by atoms with van der Waals surface area (Å²) in [5, 5.41) is 8.17. The first-order valence-electron chi connectivity index (χ1n) is 8.04. The lowest BCUT2D eigenvalue weighted by atomic mass is 10.2. The highest BCUT2D eigenvalue weighted by Crippen LogP contribution is 2.22. The number of thiophene rings is 1. The number of halogens is 1. The molecule has 0 aliphatic carbocycles. The zero-order chi connectivity index (χ0) is 19.3. The number of carbonyl (C=O) groups is 3. The molecule has 0 saturated carbocycles. The Kier molecular flexibility index (Phi) is 6.93. The summed E-state index contributed by atoms with van der Waals surface area (Å²) in [4.78, 5) is 36.7. The Labute approximate surface area is 164 Å². The van der Waals surface area contributed by atoms with E-state index in [1.807, 2.05) is 0 Å². The maximum Gasteiger partial charge on any atom is 0.262 e. The van der Waals surface area contributed by atoms with Gasteiger partial charge in [0, 0.05) is 17.3 Å². The molecule has 0 fully saturated rings. The molecule has 0 aliphatic rings. The van der Waals surface area contributed by atoms with E-state index in [0.29, 0.717) is 16.3 Å². The Morgan fingerprint density at radius 2 is 1.58 bits per heavy atom. The van der Waals surface area contributed by atoms with Gasteiger partial charge in [-0.3, -0.25) is 14.4 Å². The fraction of sp³-hybridized carbons (Fsp3) is 0.278. The van der Waals surface area contributed by atoms with E-state index in [9.17, 15) is 14.4 Å². The molecular weight excluding hydrogens is 418 g/mol. The van der Waals surface area contributed by atoms with E-state index in [2.05, 4.69) is 31.9 Å². The van der Waals surface area contributed by atoms with Gasteiger partial charge in [0.1, 0.15) is 6.04 Å². The summed E-state index contributed by atoms with van der Waals surface area (Å²) in [6.45, 7) is 5.22. The number of hydrogen-bond acceptors (Lipinski definition) is 4. The summed E-state index contributed by atoms with van der Waals surface area (Å²) >= 11 is 4.60. The summed E-state index contributed by atoms with van der Waals surface area (Å²) in [6.07, 6.45) is 0. The molecule has 3 amide bonds. The lowest BCUT2D eigenvalue weighted by Crippen LogP contribution is -2.41. The van der Waals surface area contributed by atoms with Gasteiger partial charge >= 0.3 is 0 Å². The van der Waals surface area contributed by atoms with Crippen molar-refractivity contribution in [2.24, 2.45) is 5.92 Å². The van der Waals surface area contributed by atoms with Gasteiger partial charge in [0.25, 0.3) is 5.91 Å². The standard InChI is InChI=1S/C18H20BrN3O3S/c1-10(2)16(23)21-12-5-4-6-13(9-12)22-17(24)11(3)20-18(25)14-7-8-15(19)26-14/h4-11H,1-3H3,(H,20,25)(H,21,23)(H,22,24). The van der Waals surface area contributed by atoms with Crippen molar-refractivity contribution in [3.63, 3.8) is 0 Å². The van der Waals surface area contributed by atoms with Crippen LogP contribution in [-0.4, -0.2) is 23.8 Å². The van der Waals surface area contributed by atoms with Crippen LogP contribution in [0, 0.1) is 5.92 Å². The molecule has 0 bridgehead atoms. The SMILES string of the molecule is CC(C)C(=O)Nc1cccc(NC(=O)C(C)NC(=O)c2ccc(Br)s2)c1. The van der Waals surface area contributed by atoms with Crippen molar-refractivity contribution in [1.29, 1.82) is 0 Å². The van der Waals surface area contributed by atoms with Gasteiger partial charge in [0.15, 0.2) is 0 Å². The molecule has 2 aromatic rings. The van der Waals surface area contributed by atoms with Gasteiger partial charge in [-0.25, -0.2) is 0 Å². The molecule has 2 rings (SSSR count). The van der Waals surface area contributed by atoms with Crippen LogP contribution in [0.1, 0.15) is 30.4 Å². The molecule has 0 spiro atoms. The summed E-state index contributed by atoms with van der Waals surface area (Å²) in [7, 11) is 0. The van der Waals surface area contributed by atoms with Gasteiger partial charge in [-0.05, 0) is 53.2 Å². The lowest BCUT2D eigenvalue weighted by Gasteiger charge is -2.14. The largest absolute Gasteiger partial charge is 0.340 e. The highest BCUT2D eigenvalue weighted by Gasteiger charge is 2.18. The third-order valence-corrected chi connectivity index (χ3v) is 5.08. The lowest BCUT2D eigenvalue weighted by molar-refractivity contribution is -0.119. The highest BCUT2D eigenvalue weighted by molar-refractivity contribution is 9.11. The van der Waals surface area contributed by atoms with Crippen molar-refractivity contribution in [3.8, 4) is 0 Å². The average Bonchev–Trinajstić information content (AvgIpc) is 3.01. The topological polar surface area (TPSA) is 87.3 Å². The van der Waals surface area contributed by atoms with Crippen molar-refractivity contribution >= 4 is 56.4 Å². The maximum atomic E-state index is 12.3. The third-order valence-electron chi connectivity index (χ3n) is 3.46. The molecule has 0 aliphatic heterocycles. The number of hydrogen-bond donors (Lipinski definition) is 3. The molecular formula is C18H20BrN3O3S. The zero-order valence-corrected chi connectivity index (χ0v) is 17.0. The van der Waals surface area contributed by atoms with Crippen LogP contribution < -0.4 is 16.0 Å². The Morgan fingerprint density at radius 3 is 2.12 bits per heavy atom. The van der Waals surface area contributed by atoms with Crippen molar-refractivity contribution in [1.82, 2.24) is 5.32 Å². The van der Waals surface area contributed by atoms with E-state index >= 15 is 0 Å². The first-order valence-corrected chi connectivity index (χ1v) is 9.65. The van der Waals surface area contributed by atoms with E-state index in [-0.39, 0.29) is 23.6 Å². The zero-order valence-electron chi connectivity index (χ0n) is 14.6.